The Hall–Kier alpha value is -1.94. The van der Waals surface area contributed by atoms with Crippen molar-refractivity contribution in [2.24, 2.45) is 0 Å². The Labute approximate surface area is 123 Å². The summed E-state index contributed by atoms with van der Waals surface area (Å²) >= 11 is 1.56. The monoisotopic (exact) mass is 286 g/mol. The molecular weight excluding hydrogens is 268 g/mol. The van der Waals surface area contributed by atoms with E-state index in [1.54, 1.807) is 11.8 Å². The SMILES string of the molecule is CSc1ccccc1C(=O)Nc1c(C)ccc(N)c1C. The van der Waals surface area contributed by atoms with Crippen LogP contribution in [0.1, 0.15) is 21.5 Å². The normalized spacial score (nSPS) is 10.3. The van der Waals surface area contributed by atoms with Gasteiger partial charge in [-0.05, 0) is 49.4 Å². The van der Waals surface area contributed by atoms with Crippen LogP contribution in [0.5, 0.6) is 0 Å². The zero-order chi connectivity index (χ0) is 14.7. The van der Waals surface area contributed by atoms with Gasteiger partial charge in [0.15, 0.2) is 0 Å². The van der Waals surface area contributed by atoms with E-state index in [2.05, 4.69) is 5.32 Å². The lowest BCUT2D eigenvalue weighted by molar-refractivity contribution is 0.102. The number of anilines is 2. The molecule has 0 radical (unpaired) electrons. The quantitative estimate of drug-likeness (QED) is 0.665. The highest BCUT2D eigenvalue weighted by Crippen LogP contribution is 2.27. The second kappa shape index (κ2) is 6.01. The summed E-state index contributed by atoms with van der Waals surface area (Å²) in [5, 5.41) is 2.98. The number of nitrogens with one attached hydrogen (secondary N) is 1. The van der Waals surface area contributed by atoms with Crippen molar-refractivity contribution in [1.29, 1.82) is 0 Å². The van der Waals surface area contributed by atoms with E-state index in [-0.39, 0.29) is 5.91 Å². The lowest BCUT2D eigenvalue weighted by Crippen LogP contribution is -2.15. The molecule has 0 aliphatic heterocycles. The Bertz CT molecular complexity index is 653. The predicted molar refractivity (Wildman–Crippen MR) is 86.5 cm³/mol. The first-order valence-corrected chi connectivity index (χ1v) is 7.57. The largest absolute Gasteiger partial charge is 0.398 e. The summed E-state index contributed by atoms with van der Waals surface area (Å²) in [5.41, 5.74) is 9.98. The van der Waals surface area contributed by atoms with Gasteiger partial charge >= 0.3 is 0 Å². The van der Waals surface area contributed by atoms with Crippen molar-refractivity contribution in [3.05, 3.63) is 53.1 Å². The van der Waals surface area contributed by atoms with E-state index in [9.17, 15) is 4.79 Å². The molecular formula is C16H18N2OS. The van der Waals surface area contributed by atoms with E-state index in [4.69, 9.17) is 5.73 Å². The van der Waals surface area contributed by atoms with Gasteiger partial charge in [-0.25, -0.2) is 0 Å². The molecule has 0 unspecified atom stereocenters. The lowest BCUT2D eigenvalue weighted by Gasteiger charge is -2.14. The maximum Gasteiger partial charge on any atom is 0.256 e. The molecule has 0 saturated heterocycles. The third-order valence-corrected chi connectivity index (χ3v) is 4.10. The van der Waals surface area contributed by atoms with Gasteiger partial charge in [0.25, 0.3) is 5.91 Å². The van der Waals surface area contributed by atoms with E-state index < -0.39 is 0 Å². The van der Waals surface area contributed by atoms with E-state index in [0.717, 1.165) is 21.7 Å². The van der Waals surface area contributed by atoms with Crippen LogP contribution >= 0.6 is 11.8 Å². The van der Waals surface area contributed by atoms with Crippen LogP contribution in [-0.4, -0.2) is 12.2 Å². The Kier molecular flexibility index (Phi) is 4.35. The first kappa shape index (κ1) is 14.5. The van der Waals surface area contributed by atoms with Gasteiger partial charge in [-0.15, -0.1) is 11.8 Å². The second-order valence-corrected chi connectivity index (χ2v) is 5.47. The molecule has 104 valence electrons. The van der Waals surface area contributed by atoms with Crippen molar-refractivity contribution >= 4 is 29.0 Å². The van der Waals surface area contributed by atoms with Gasteiger partial charge in [-0.2, -0.15) is 0 Å². The van der Waals surface area contributed by atoms with E-state index in [1.165, 1.54) is 0 Å². The smallest absolute Gasteiger partial charge is 0.256 e. The topological polar surface area (TPSA) is 55.1 Å². The highest BCUT2D eigenvalue weighted by molar-refractivity contribution is 7.98. The van der Waals surface area contributed by atoms with E-state index >= 15 is 0 Å². The molecule has 0 spiro atoms. The molecule has 0 bridgehead atoms. The summed E-state index contributed by atoms with van der Waals surface area (Å²) < 4.78 is 0. The zero-order valence-electron chi connectivity index (χ0n) is 11.9. The molecule has 0 atom stereocenters. The highest BCUT2D eigenvalue weighted by atomic mass is 32.2. The van der Waals surface area contributed by atoms with E-state index in [0.29, 0.717) is 11.3 Å². The molecule has 1 amide bonds. The van der Waals surface area contributed by atoms with Crippen LogP contribution in [0.3, 0.4) is 0 Å². The zero-order valence-corrected chi connectivity index (χ0v) is 12.7. The van der Waals surface area contributed by atoms with Gasteiger partial charge in [-0.1, -0.05) is 18.2 Å². The third kappa shape index (κ3) is 2.80. The number of amides is 1. The number of nitrogens with two attached hydrogens (primary N) is 1. The van der Waals surface area contributed by atoms with Gasteiger partial charge in [-0.3, -0.25) is 4.79 Å². The number of rotatable bonds is 3. The molecule has 20 heavy (non-hydrogen) atoms. The summed E-state index contributed by atoms with van der Waals surface area (Å²) in [6.45, 7) is 3.88. The number of hydrogen-bond acceptors (Lipinski definition) is 3. The van der Waals surface area contributed by atoms with Gasteiger partial charge in [0.05, 0.1) is 5.56 Å². The Balaban J connectivity index is 2.35. The van der Waals surface area contributed by atoms with Crippen molar-refractivity contribution in [3.63, 3.8) is 0 Å². The average molecular weight is 286 g/mol. The van der Waals surface area contributed by atoms with Crippen molar-refractivity contribution in [1.82, 2.24) is 0 Å². The van der Waals surface area contributed by atoms with Crippen LogP contribution in [0.15, 0.2) is 41.3 Å². The second-order valence-electron chi connectivity index (χ2n) is 4.63. The summed E-state index contributed by atoms with van der Waals surface area (Å²) in [7, 11) is 0. The number of nitrogen functional groups attached to an aromatic ring is 1. The molecule has 0 aliphatic rings. The molecule has 0 saturated carbocycles. The number of hydrogen-bond donors (Lipinski definition) is 2. The van der Waals surface area contributed by atoms with Crippen molar-refractivity contribution in [3.8, 4) is 0 Å². The van der Waals surface area contributed by atoms with Gasteiger partial charge < -0.3 is 11.1 Å². The molecule has 2 rings (SSSR count). The minimum Gasteiger partial charge on any atom is -0.398 e. The Morgan fingerprint density at radius 1 is 1.15 bits per heavy atom. The van der Waals surface area contributed by atoms with Crippen LogP contribution in [-0.2, 0) is 0 Å². The lowest BCUT2D eigenvalue weighted by atomic mass is 10.1. The maximum absolute atomic E-state index is 12.4. The number of carbonyl (C=O) groups is 1. The van der Waals surface area contributed by atoms with Crippen LogP contribution in [0.4, 0.5) is 11.4 Å². The molecule has 0 aliphatic carbocycles. The third-order valence-electron chi connectivity index (χ3n) is 3.31. The fourth-order valence-electron chi connectivity index (χ4n) is 2.07. The standard InChI is InChI=1S/C16H18N2OS/c1-10-8-9-13(17)11(2)15(10)18-16(19)12-6-4-5-7-14(12)20-3/h4-9H,17H2,1-3H3,(H,18,19). The number of carbonyl (C=O) groups excluding carboxylic acids is 1. The van der Waals surface area contributed by atoms with Crippen LogP contribution < -0.4 is 11.1 Å². The minimum atomic E-state index is -0.105. The average Bonchev–Trinajstić information content (AvgIpc) is 2.47. The summed E-state index contributed by atoms with van der Waals surface area (Å²) in [4.78, 5) is 13.4. The Morgan fingerprint density at radius 2 is 1.85 bits per heavy atom. The first-order valence-electron chi connectivity index (χ1n) is 6.34. The molecule has 0 fully saturated rings. The van der Waals surface area contributed by atoms with Crippen molar-refractivity contribution < 1.29 is 4.79 Å². The van der Waals surface area contributed by atoms with Crippen LogP contribution in [0.25, 0.3) is 0 Å². The molecule has 2 aromatic carbocycles. The van der Waals surface area contributed by atoms with Gasteiger partial charge in [0, 0.05) is 16.3 Å². The Morgan fingerprint density at radius 3 is 2.55 bits per heavy atom. The molecule has 0 heterocycles. The maximum atomic E-state index is 12.4. The fourth-order valence-corrected chi connectivity index (χ4v) is 2.66. The molecule has 4 heteroatoms. The van der Waals surface area contributed by atoms with Gasteiger partial charge in [0.2, 0.25) is 0 Å². The molecule has 3 N–H and O–H groups in total. The van der Waals surface area contributed by atoms with Gasteiger partial charge in [0.1, 0.15) is 0 Å². The van der Waals surface area contributed by atoms with E-state index in [1.807, 2.05) is 56.5 Å². The summed E-state index contributed by atoms with van der Waals surface area (Å²) in [5.74, 6) is -0.105. The number of benzene rings is 2. The number of aryl methyl sites for hydroxylation is 1. The summed E-state index contributed by atoms with van der Waals surface area (Å²) in [6.07, 6.45) is 1.96. The van der Waals surface area contributed by atoms with Crippen molar-refractivity contribution in [2.45, 2.75) is 18.7 Å². The van der Waals surface area contributed by atoms with Crippen molar-refractivity contribution in [2.75, 3.05) is 17.3 Å². The molecule has 2 aromatic rings. The highest BCUT2D eigenvalue weighted by Gasteiger charge is 2.13. The van der Waals surface area contributed by atoms with Crippen LogP contribution in [0, 0.1) is 13.8 Å². The molecule has 0 aromatic heterocycles. The first-order chi connectivity index (χ1) is 9.54. The minimum absolute atomic E-state index is 0.105. The molecule has 3 nitrogen and oxygen atoms in total. The number of thioether (sulfide) groups is 1. The van der Waals surface area contributed by atoms with Crippen LogP contribution in [0.2, 0.25) is 0 Å². The predicted octanol–water partition coefficient (Wildman–Crippen LogP) is 3.86. The summed E-state index contributed by atoms with van der Waals surface area (Å²) in [6, 6.07) is 11.3. The fraction of sp³-hybridized carbons (Fsp3) is 0.188.